The molecule has 1 aromatic heterocycles. The first-order valence-electron chi connectivity index (χ1n) is 10.9. The standard InChI is InChI=1S/C26H26N4O2S/c1-3-4-25(31)28-21-7-11-23(12-8-21)33-26-19(2)18-27-24(29-26)17-20-5-9-22(10-6-20)30-13-15-32-16-14-30/h5-12,18H,13-17H2,1-2H3,(H,28,31). The van der Waals surface area contributed by atoms with Gasteiger partial charge in [-0.1, -0.05) is 29.8 Å². The number of hydrogen-bond acceptors (Lipinski definition) is 6. The Balaban J connectivity index is 1.41. The second kappa shape index (κ2) is 11.0. The summed E-state index contributed by atoms with van der Waals surface area (Å²) in [5.74, 6) is 5.55. The number of nitrogens with one attached hydrogen (secondary N) is 1. The number of hydrogen-bond donors (Lipinski definition) is 1. The summed E-state index contributed by atoms with van der Waals surface area (Å²) in [7, 11) is 0. The highest BCUT2D eigenvalue weighted by Crippen LogP contribution is 2.29. The van der Waals surface area contributed by atoms with Gasteiger partial charge in [-0.25, -0.2) is 9.97 Å². The van der Waals surface area contributed by atoms with Gasteiger partial charge in [-0.15, -0.1) is 0 Å². The Morgan fingerprint density at radius 2 is 1.85 bits per heavy atom. The molecule has 3 aromatic rings. The minimum Gasteiger partial charge on any atom is -0.378 e. The Morgan fingerprint density at radius 3 is 2.55 bits per heavy atom. The number of carbonyl (C=O) groups excluding carboxylic acids is 1. The normalized spacial score (nSPS) is 13.2. The number of rotatable bonds is 6. The molecule has 33 heavy (non-hydrogen) atoms. The van der Waals surface area contributed by atoms with Crippen molar-refractivity contribution in [1.29, 1.82) is 0 Å². The van der Waals surface area contributed by atoms with E-state index in [4.69, 9.17) is 9.72 Å². The maximum Gasteiger partial charge on any atom is 0.300 e. The van der Waals surface area contributed by atoms with E-state index in [1.165, 1.54) is 11.3 Å². The van der Waals surface area contributed by atoms with Crippen LogP contribution in [0, 0.1) is 18.8 Å². The average molecular weight is 459 g/mol. The predicted molar refractivity (Wildman–Crippen MR) is 132 cm³/mol. The van der Waals surface area contributed by atoms with Gasteiger partial charge in [-0.3, -0.25) is 4.79 Å². The van der Waals surface area contributed by atoms with Crippen molar-refractivity contribution >= 4 is 29.0 Å². The van der Waals surface area contributed by atoms with Crippen molar-refractivity contribution in [3.63, 3.8) is 0 Å². The third-order valence-electron chi connectivity index (χ3n) is 5.22. The van der Waals surface area contributed by atoms with Gasteiger partial charge in [0.1, 0.15) is 10.9 Å². The summed E-state index contributed by atoms with van der Waals surface area (Å²) in [5.41, 5.74) is 4.15. The number of aryl methyl sites for hydroxylation is 1. The van der Waals surface area contributed by atoms with Gasteiger partial charge in [0.2, 0.25) is 0 Å². The fourth-order valence-electron chi connectivity index (χ4n) is 3.47. The van der Waals surface area contributed by atoms with Gasteiger partial charge in [0.15, 0.2) is 0 Å². The van der Waals surface area contributed by atoms with Crippen LogP contribution in [-0.2, 0) is 16.0 Å². The quantitative estimate of drug-likeness (QED) is 0.438. The Bertz CT molecular complexity index is 1160. The zero-order valence-corrected chi connectivity index (χ0v) is 19.6. The van der Waals surface area contributed by atoms with E-state index in [1.54, 1.807) is 18.7 Å². The second-order valence-electron chi connectivity index (χ2n) is 7.67. The number of amides is 1. The molecule has 0 radical (unpaired) electrons. The fourth-order valence-corrected chi connectivity index (χ4v) is 4.33. The lowest BCUT2D eigenvalue weighted by Crippen LogP contribution is -2.36. The van der Waals surface area contributed by atoms with E-state index in [0.717, 1.165) is 47.6 Å². The number of carbonyl (C=O) groups is 1. The number of anilines is 2. The molecule has 2 aromatic carbocycles. The molecule has 1 fully saturated rings. The third kappa shape index (κ3) is 6.35. The van der Waals surface area contributed by atoms with Gasteiger partial charge in [-0.05, 0) is 67.3 Å². The van der Waals surface area contributed by atoms with Crippen LogP contribution in [0.5, 0.6) is 0 Å². The SMILES string of the molecule is CC#CC(=O)Nc1ccc(Sc2nc(Cc3ccc(N4CCOCC4)cc3)ncc2C)cc1. The Labute approximate surface area is 198 Å². The van der Waals surface area contributed by atoms with E-state index in [2.05, 4.69) is 51.3 Å². The van der Waals surface area contributed by atoms with Crippen LogP contribution in [0.1, 0.15) is 23.9 Å². The molecule has 1 aliphatic rings. The van der Waals surface area contributed by atoms with Crippen molar-refractivity contribution in [2.45, 2.75) is 30.2 Å². The van der Waals surface area contributed by atoms with Gasteiger partial charge >= 0.3 is 0 Å². The second-order valence-corrected chi connectivity index (χ2v) is 8.73. The van der Waals surface area contributed by atoms with E-state index in [9.17, 15) is 4.79 Å². The summed E-state index contributed by atoms with van der Waals surface area (Å²) in [4.78, 5) is 24.3. The topological polar surface area (TPSA) is 67.4 Å². The molecule has 0 atom stereocenters. The molecule has 1 saturated heterocycles. The fraction of sp³-hybridized carbons (Fsp3) is 0.269. The molecular weight excluding hydrogens is 432 g/mol. The first-order chi connectivity index (χ1) is 16.1. The summed E-state index contributed by atoms with van der Waals surface area (Å²) in [6, 6.07) is 16.3. The number of morpholine rings is 1. The summed E-state index contributed by atoms with van der Waals surface area (Å²) < 4.78 is 5.44. The minimum atomic E-state index is -0.313. The minimum absolute atomic E-state index is 0.313. The molecule has 0 unspecified atom stereocenters. The lowest BCUT2D eigenvalue weighted by Gasteiger charge is -2.28. The first-order valence-corrected chi connectivity index (χ1v) is 11.7. The lowest BCUT2D eigenvalue weighted by atomic mass is 10.1. The largest absolute Gasteiger partial charge is 0.378 e. The number of nitrogens with zero attached hydrogens (tertiary/aromatic N) is 3. The van der Waals surface area contributed by atoms with Gasteiger partial charge in [-0.2, -0.15) is 0 Å². The molecule has 1 aliphatic heterocycles. The smallest absolute Gasteiger partial charge is 0.300 e. The van der Waals surface area contributed by atoms with Gasteiger partial charge in [0, 0.05) is 42.0 Å². The van der Waals surface area contributed by atoms with Crippen molar-refractivity contribution in [2.75, 3.05) is 36.5 Å². The molecule has 0 aliphatic carbocycles. The van der Waals surface area contributed by atoms with E-state index in [-0.39, 0.29) is 5.91 Å². The van der Waals surface area contributed by atoms with Crippen molar-refractivity contribution in [2.24, 2.45) is 0 Å². The average Bonchev–Trinajstić information content (AvgIpc) is 2.84. The van der Waals surface area contributed by atoms with Crippen LogP contribution < -0.4 is 10.2 Å². The summed E-state index contributed by atoms with van der Waals surface area (Å²) in [5, 5.41) is 3.68. The molecule has 1 amide bonds. The van der Waals surface area contributed by atoms with Crippen molar-refractivity contribution in [3.05, 3.63) is 71.7 Å². The van der Waals surface area contributed by atoms with Crippen LogP contribution in [-0.4, -0.2) is 42.2 Å². The monoisotopic (exact) mass is 458 g/mol. The van der Waals surface area contributed by atoms with Crippen LogP contribution in [0.15, 0.2) is 64.6 Å². The molecule has 7 heteroatoms. The van der Waals surface area contributed by atoms with Crippen LogP contribution >= 0.6 is 11.8 Å². The summed E-state index contributed by atoms with van der Waals surface area (Å²) in [6.07, 6.45) is 2.56. The van der Waals surface area contributed by atoms with Crippen molar-refractivity contribution in [1.82, 2.24) is 9.97 Å². The maximum atomic E-state index is 11.6. The molecule has 168 valence electrons. The van der Waals surface area contributed by atoms with Crippen molar-refractivity contribution < 1.29 is 9.53 Å². The van der Waals surface area contributed by atoms with E-state index < -0.39 is 0 Å². The first kappa shape index (κ1) is 22.8. The summed E-state index contributed by atoms with van der Waals surface area (Å²) >= 11 is 1.59. The van der Waals surface area contributed by atoms with Crippen LogP contribution in [0.3, 0.4) is 0 Å². The molecule has 2 heterocycles. The van der Waals surface area contributed by atoms with E-state index in [1.807, 2.05) is 37.4 Å². The molecule has 4 rings (SSSR count). The highest BCUT2D eigenvalue weighted by atomic mass is 32.2. The molecule has 0 spiro atoms. The number of ether oxygens (including phenoxy) is 1. The van der Waals surface area contributed by atoms with Crippen LogP contribution in [0.2, 0.25) is 0 Å². The number of benzene rings is 2. The molecule has 1 N–H and O–H groups in total. The Morgan fingerprint density at radius 1 is 1.12 bits per heavy atom. The number of aromatic nitrogens is 2. The molecule has 0 saturated carbocycles. The molecule has 0 bridgehead atoms. The Hall–Kier alpha value is -3.34. The van der Waals surface area contributed by atoms with E-state index in [0.29, 0.717) is 12.1 Å². The third-order valence-corrected chi connectivity index (χ3v) is 6.33. The van der Waals surface area contributed by atoms with E-state index >= 15 is 0 Å². The molecular formula is C26H26N4O2S. The highest BCUT2D eigenvalue weighted by Gasteiger charge is 2.12. The maximum absolute atomic E-state index is 11.6. The van der Waals surface area contributed by atoms with Crippen LogP contribution in [0.25, 0.3) is 0 Å². The van der Waals surface area contributed by atoms with Crippen molar-refractivity contribution in [3.8, 4) is 11.8 Å². The van der Waals surface area contributed by atoms with Crippen LogP contribution in [0.4, 0.5) is 11.4 Å². The Kier molecular flexibility index (Phi) is 7.61. The predicted octanol–water partition coefficient (Wildman–Crippen LogP) is 4.33. The highest BCUT2D eigenvalue weighted by molar-refractivity contribution is 7.99. The van der Waals surface area contributed by atoms with Gasteiger partial charge < -0.3 is 15.0 Å². The zero-order chi connectivity index (χ0) is 23.0. The molecule has 6 nitrogen and oxygen atoms in total. The summed E-state index contributed by atoms with van der Waals surface area (Å²) in [6.45, 7) is 7.08. The lowest BCUT2D eigenvalue weighted by molar-refractivity contribution is -0.111. The van der Waals surface area contributed by atoms with Gasteiger partial charge in [0.05, 0.1) is 13.2 Å². The zero-order valence-electron chi connectivity index (χ0n) is 18.8. The van der Waals surface area contributed by atoms with Gasteiger partial charge in [0.25, 0.3) is 5.91 Å².